The van der Waals surface area contributed by atoms with Gasteiger partial charge in [-0.05, 0) is 69.7 Å². The largest absolute Gasteiger partial charge is 0.493 e. The fraction of sp³-hybridized carbons (Fsp3) is 0.517. The molecule has 2 aliphatic rings. The van der Waals surface area contributed by atoms with E-state index in [0.717, 1.165) is 36.8 Å². The molecule has 2 aromatic rings. The van der Waals surface area contributed by atoms with Crippen LogP contribution in [0.3, 0.4) is 0 Å². The van der Waals surface area contributed by atoms with Crippen LogP contribution in [0.1, 0.15) is 63.5 Å². The second-order valence-corrected chi connectivity index (χ2v) is 10.6. The van der Waals surface area contributed by atoms with E-state index >= 15 is 0 Å². The minimum Gasteiger partial charge on any atom is -0.493 e. The van der Waals surface area contributed by atoms with E-state index in [9.17, 15) is 9.59 Å². The standard InChI is InChI=1S/C29H37NO6/c1-29(2,3)36-27(31)24-18-30(28(32)34-19-20-10-6-5-7-11-20)17-23(24)21-14-15-25(33-4)26(16-21)35-22-12-8-9-13-22/h5-7,10-11,14-16,22-24H,8-9,12-13,17-19H2,1-4H3. The highest BCUT2D eigenvalue weighted by atomic mass is 16.6. The second-order valence-electron chi connectivity index (χ2n) is 10.6. The molecule has 1 aliphatic heterocycles. The Morgan fingerprint density at radius 2 is 1.69 bits per heavy atom. The number of methoxy groups -OCH3 is 1. The van der Waals surface area contributed by atoms with Crippen LogP contribution in [0.4, 0.5) is 4.79 Å². The van der Waals surface area contributed by atoms with Crippen molar-refractivity contribution in [3.05, 3.63) is 59.7 Å². The smallest absolute Gasteiger partial charge is 0.410 e. The zero-order valence-electron chi connectivity index (χ0n) is 21.7. The molecule has 4 rings (SSSR count). The third-order valence-corrected chi connectivity index (χ3v) is 6.70. The van der Waals surface area contributed by atoms with Crippen molar-refractivity contribution < 1.29 is 28.5 Å². The summed E-state index contributed by atoms with van der Waals surface area (Å²) in [7, 11) is 1.63. The van der Waals surface area contributed by atoms with E-state index in [1.165, 1.54) is 0 Å². The fourth-order valence-corrected chi connectivity index (χ4v) is 4.92. The number of rotatable bonds is 7. The van der Waals surface area contributed by atoms with Crippen LogP contribution in [0.25, 0.3) is 0 Å². The number of carbonyl (C=O) groups is 2. The molecular formula is C29H37NO6. The zero-order chi connectivity index (χ0) is 25.7. The molecule has 0 aromatic heterocycles. The molecule has 0 radical (unpaired) electrons. The van der Waals surface area contributed by atoms with Crippen LogP contribution < -0.4 is 9.47 Å². The third-order valence-electron chi connectivity index (χ3n) is 6.70. The Balaban J connectivity index is 1.55. The molecule has 0 N–H and O–H groups in total. The first-order chi connectivity index (χ1) is 17.2. The van der Waals surface area contributed by atoms with E-state index in [1.54, 1.807) is 12.0 Å². The third kappa shape index (κ3) is 6.50. The molecule has 1 heterocycles. The van der Waals surface area contributed by atoms with Gasteiger partial charge in [-0.1, -0.05) is 36.4 Å². The van der Waals surface area contributed by atoms with Gasteiger partial charge in [0.2, 0.25) is 0 Å². The van der Waals surface area contributed by atoms with Gasteiger partial charge in [0.15, 0.2) is 11.5 Å². The summed E-state index contributed by atoms with van der Waals surface area (Å²) >= 11 is 0. The molecule has 1 aliphatic carbocycles. The van der Waals surface area contributed by atoms with Crippen molar-refractivity contribution in [3.63, 3.8) is 0 Å². The van der Waals surface area contributed by atoms with Gasteiger partial charge < -0.3 is 23.8 Å². The van der Waals surface area contributed by atoms with E-state index < -0.39 is 17.6 Å². The summed E-state index contributed by atoms with van der Waals surface area (Å²) in [5.74, 6) is 0.258. The Morgan fingerprint density at radius 1 is 0.972 bits per heavy atom. The van der Waals surface area contributed by atoms with Crippen LogP contribution >= 0.6 is 0 Å². The molecule has 194 valence electrons. The lowest BCUT2D eigenvalue weighted by atomic mass is 9.88. The van der Waals surface area contributed by atoms with Crippen molar-refractivity contribution in [1.29, 1.82) is 0 Å². The van der Waals surface area contributed by atoms with Crippen LogP contribution in [0.5, 0.6) is 11.5 Å². The molecule has 7 heteroatoms. The number of benzene rings is 2. The summed E-state index contributed by atoms with van der Waals surface area (Å²) in [5, 5.41) is 0. The Kier molecular flexibility index (Phi) is 8.07. The Morgan fingerprint density at radius 3 is 2.36 bits per heavy atom. The van der Waals surface area contributed by atoms with Crippen LogP contribution in [-0.4, -0.2) is 48.9 Å². The SMILES string of the molecule is COc1ccc(C2CN(C(=O)OCc3ccccc3)CC2C(=O)OC(C)(C)C)cc1OC1CCCC1. The predicted molar refractivity (Wildman–Crippen MR) is 136 cm³/mol. The van der Waals surface area contributed by atoms with Crippen LogP contribution in [0.2, 0.25) is 0 Å². The van der Waals surface area contributed by atoms with Gasteiger partial charge >= 0.3 is 12.1 Å². The van der Waals surface area contributed by atoms with Crippen molar-refractivity contribution in [3.8, 4) is 11.5 Å². The Bertz CT molecular complexity index is 1040. The average molecular weight is 496 g/mol. The van der Waals surface area contributed by atoms with E-state index in [-0.39, 0.29) is 31.1 Å². The first kappa shape index (κ1) is 25.9. The molecular weight excluding hydrogens is 458 g/mol. The van der Waals surface area contributed by atoms with Gasteiger partial charge in [0.25, 0.3) is 0 Å². The first-order valence-corrected chi connectivity index (χ1v) is 12.8. The van der Waals surface area contributed by atoms with Crippen LogP contribution in [0, 0.1) is 5.92 Å². The van der Waals surface area contributed by atoms with E-state index in [1.807, 2.05) is 69.3 Å². The molecule has 2 aromatic carbocycles. The van der Waals surface area contributed by atoms with Gasteiger partial charge in [0, 0.05) is 19.0 Å². The van der Waals surface area contributed by atoms with Crippen molar-refractivity contribution in [1.82, 2.24) is 4.90 Å². The molecule has 2 fully saturated rings. The fourth-order valence-electron chi connectivity index (χ4n) is 4.92. The molecule has 0 bridgehead atoms. The monoisotopic (exact) mass is 495 g/mol. The van der Waals surface area contributed by atoms with Crippen molar-refractivity contribution >= 4 is 12.1 Å². The highest BCUT2D eigenvalue weighted by Gasteiger charge is 2.43. The average Bonchev–Trinajstić information content (AvgIpc) is 3.52. The lowest BCUT2D eigenvalue weighted by Gasteiger charge is -2.25. The van der Waals surface area contributed by atoms with E-state index in [2.05, 4.69) is 0 Å². The minimum absolute atomic E-state index is 0.170. The van der Waals surface area contributed by atoms with E-state index in [4.69, 9.17) is 18.9 Å². The number of nitrogens with zero attached hydrogens (tertiary/aromatic N) is 1. The maximum Gasteiger partial charge on any atom is 0.410 e. The summed E-state index contributed by atoms with van der Waals surface area (Å²) in [6.07, 6.45) is 4.11. The molecule has 0 spiro atoms. The topological polar surface area (TPSA) is 74.3 Å². The normalized spacial score (nSPS) is 20.3. The van der Waals surface area contributed by atoms with E-state index in [0.29, 0.717) is 18.0 Å². The molecule has 36 heavy (non-hydrogen) atoms. The number of hydrogen-bond acceptors (Lipinski definition) is 6. The molecule has 2 unspecified atom stereocenters. The summed E-state index contributed by atoms with van der Waals surface area (Å²) in [6.45, 7) is 6.32. The predicted octanol–water partition coefficient (Wildman–Crippen LogP) is 5.71. The quantitative estimate of drug-likeness (QED) is 0.458. The molecule has 1 amide bonds. The summed E-state index contributed by atoms with van der Waals surface area (Å²) < 4.78 is 23.1. The van der Waals surface area contributed by atoms with Crippen LogP contribution in [-0.2, 0) is 20.9 Å². The number of ether oxygens (including phenoxy) is 4. The molecule has 1 saturated heterocycles. The lowest BCUT2D eigenvalue weighted by Crippen LogP contribution is -2.33. The first-order valence-electron chi connectivity index (χ1n) is 12.8. The molecule has 2 atom stereocenters. The van der Waals surface area contributed by atoms with Gasteiger partial charge in [0.05, 0.1) is 19.1 Å². The van der Waals surface area contributed by atoms with Crippen molar-refractivity contribution in [2.24, 2.45) is 5.92 Å². The molecule has 1 saturated carbocycles. The zero-order valence-corrected chi connectivity index (χ0v) is 21.7. The number of esters is 1. The number of hydrogen-bond donors (Lipinski definition) is 0. The maximum absolute atomic E-state index is 13.2. The van der Waals surface area contributed by atoms with Gasteiger partial charge in [-0.3, -0.25) is 4.79 Å². The lowest BCUT2D eigenvalue weighted by molar-refractivity contribution is -0.159. The van der Waals surface area contributed by atoms with Gasteiger partial charge in [-0.15, -0.1) is 0 Å². The van der Waals surface area contributed by atoms with Gasteiger partial charge in [-0.25, -0.2) is 4.79 Å². The Hall–Kier alpha value is -3.22. The highest BCUT2D eigenvalue weighted by Crippen LogP contribution is 2.40. The summed E-state index contributed by atoms with van der Waals surface area (Å²) in [5.41, 5.74) is 1.20. The van der Waals surface area contributed by atoms with Gasteiger partial charge in [0.1, 0.15) is 12.2 Å². The second kappa shape index (κ2) is 11.2. The van der Waals surface area contributed by atoms with Crippen molar-refractivity contribution in [2.75, 3.05) is 20.2 Å². The number of likely N-dealkylation sites (tertiary alicyclic amines) is 1. The Labute approximate surface area is 213 Å². The highest BCUT2D eigenvalue weighted by molar-refractivity contribution is 5.77. The summed E-state index contributed by atoms with van der Waals surface area (Å²) in [6, 6.07) is 15.3. The van der Waals surface area contributed by atoms with Crippen LogP contribution in [0.15, 0.2) is 48.5 Å². The molecule has 7 nitrogen and oxygen atoms in total. The van der Waals surface area contributed by atoms with Gasteiger partial charge in [-0.2, -0.15) is 0 Å². The minimum atomic E-state index is -0.625. The maximum atomic E-state index is 13.2. The van der Waals surface area contributed by atoms with Crippen molar-refractivity contribution in [2.45, 2.75) is 70.7 Å². The number of amides is 1. The summed E-state index contributed by atoms with van der Waals surface area (Å²) in [4.78, 5) is 27.8. The number of carbonyl (C=O) groups excluding carboxylic acids is 2.